The van der Waals surface area contributed by atoms with Gasteiger partial charge in [-0.05, 0) is 18.1 Å². The van der Waals surface area contributed by atoms with Gasteiger partial charge < -0.3 is 10.3 Å². The van der Waals surface area contributed by atoms with Crippen molar-refractivity contribution in [1.82, 2.24) is 10.3 Å². The van der Waals surface area contributed by atoms with Gasteiger partial charge in [-0.1, -0.05) is 30.7 Å². The van der Waals surface area contributed by atoms with Gasteiger partial charge in [0.25, 0.3) is 0 Å². The van der Waals surface area contributed by atoms with Gasteiger partial charge in [0.15, 0.2) is 0 Å². The summed E-state index contributed by atoms with van der Waals surface area (Å²) >= 11 is 6.18. The molecule has 0 spiro atoms. The molecule has 3 rings (SSSR count). The molecule has 16 heavy (non-hydrogen) atoms. The lowest BCUT2D eigenvalue weighted by Gasteiger charge is -2.42. The SMILES string of the molecule is CCC1(c2c[nH]c3c(Cl)cccc23)CNC1. The Morgan fingerprint density at radius 1 is 1.38 bits per heavy atom. The van der Waals surface area contributed by atoms with Crippen molar-refractivity contribution in [2.75, 3.05) is 13.1 Å². The van der Waals surface area contributed by atoms with Crippen LogP contribution < -0.4 is 5.32 Å². The van der Waals surface area contributed by atoms with Crippen molar-refractivity contribution in [3.05, 3.63) is 35.0 Å². The number of aromatic amines is 1. The Balaban J connectivity index is 2.21. The average Bonchev–Trinajstić information content (AvgIpc) is 2.64. The zero-order valence-corrected chi connectivity index (χ0v) is 10.1. The molecule has 0 radical (unpaired) electrons. The van der Waals surface area contributed by atoms with Gasteiger partial charge in [0.1, 0.15) is 0 Å². The Kier molecular flexibility index (Phi) is 2.23. The third-order valence-electron chi connectivity index (χ3n) is 3.84. The van der Waals surface area contributed by atoms with Gasteiger partial charge in [-0.25, -0.2) is 0 Å². The molecule has 1 aliphatic rings. The van der Waals surface area contributed by atoms with Crippen LogP contribution in [0.25, 0.3) is 10.9 Å². The summed E-state index contributed by atoms with van der Waals surface area (Å²) < 4.78 is 0. The van der Waals surface area contributed by atoms with E-state index in [4.69, 9.17) is 11.6 Å². The van der Waals surface area contributed by atoms with Gasteiger partial charge in [-0.2, -0.15) is 0 Å². The van der Waals surface area contributed by atoms with E-state index in [2.05, 4.69) is 29.5 Å². The van der Waals surface area contributed by atoms with E-state index in [0.717, 1.165) is 23.6 Å². The average molecular weight is 235 g/mol. The van der Waals surface area contributed by atoms with E-state index in [9.17, 15) is 0 Å². The van der Waals surface area contributed by atoms with Crippen LogP contribution in [0, 0.1) is 0 Å². The minimum atomic E-state index is 0.308. The number of nitrogens with one attached hydrogen (secondary N) is 2. The maximum atomic E-state index is 6.18. The number of fused-ring (bicyclic) bond motifs is 1. The molecule has 0 bridgehead atoms. The second kappa shape index (κ2) is 3.51. The van der Waals surface area contributed by atoms with E-state index < -0.39 is 0 Å². The number of H-pyrrole nitrogens is 1. The Morgan fingerprint density at radius 3 is 2.81 bits per heavy atom. The van der Waals surface area contributed by atoms with Gasteiger partial charge in [0.05, 0.1) is 10.5 Å². The molecular formula is C13H15ClN2. The van der Waals surface area contributed by atoms with Gasteiger partial charge >= 0.3 is 0 Å². The van der Waals surface area contributed by atoms with Crippen LogP contribution in [0.3, 0.4) is 0 Å². The summed E-state index contributed by atoms with van der Waals surface area (Å²) in [5.74, 6) is 0. The minimum Gasteiger partial charge on any atom is -0.360 e. The standard InChI is InChI=1S/C13H15ClN2/c1-2-13(7-15-8-13)10-6-16-12-9(10)4-3-5-11(12)14/h3-6,15-16H,2,7-8H2,1H3. The molecule has 0 unspecified atom stereocenters. The second-order valence-corrected chi connectivity index (χ2v) is 5.01. The van der Waals surface area contributed by atoms with Crippen LogP contribution in [-0.2, 0) is 5.41 Å². The normalized spacial score (nSPS) is 18.6. The minimum absolute atomic E-state index is 0.308. The van der Waals surface area contributed by atoms with Crippen LogP contribution in [0.1, 0.15) is 18.9 Å². The van der Waals surface area contributed by atoms with Crippen molar-refractivity contribution in [3.63, 3.8) is 0 Å². The third-order valence-corrected chi connectivity index (χ3v) is 4.15. The Labute approximate surface area is 100.0 Å². The predicted octanol–water partition coefficient (Wildman–Crippen LogP) is 3.07. The molecule has 3 heteroatoms. The molecule has 84 valence electrons. The van der Waals surface area contributed by atoms with E-state index in [1.807, 2.05) is 12.1 Å². The summed E-state index contributed by atoms with van der Waals surface area (Å²) in [7, 11) is 0. The van der Waals surface area contributed by atoms with Gasteiger partial charge in [0.2, 0.25) is 0 Å². The first-order valence-corrected chi connectivity index (χ1v) is 6.11. The number of hydrogen-bond acceptors (Lipinski definition) is 1. The molecule has 0 aliphatic carbocycles. The van der Waals surface area contributed by atoms with Crippen LogP contribution >= 0.6 is 11.6 Å². The highest BCUT2D eigenvalue weighted by Crippen LogP contribution is 2.38. The quantitative estimate of drug-likeness (QED) is 0.821. The number of para-hydroxylation sites is 1. The van der Waals surface area contributed by atoms with Crippen molar-refractivity contribution in [1.29, 1.82) is 0 Å². The smallest absolute Gasteiger partial charge is 0.0647 e. The summed E-state index contributed by atoms with van der Waals surface area (Å²) in [5.41, 5.74) is 2.79. The summed E-state index contributed by atoms with van der Waals surface area (Å²) in [6.07, 6.45) is 3.29. The Hall–Kier alpha value is -0.990. The lowest BCUT2D eigenvalue weighted by atomic mass is 9.73. The summed E-state index contributed by atoms with van der Waals surface area (Å²) in [4.78, 5) is 3.30. The zero-order valence-electron chi connectivity index (χ0n) is 9.31. The first-order valence-electron chi connectivity index (χ1n) is 5.74. The molecule has 2 nitrogen and oxygen atoms in total. The highest BCUT2D eigenvalue weighted by Gasteiger charge is 2.38. The van der Waals surface area contributed by atoms with Crippen LogP contribution in [0.15, 0.2) is 24.4 Å². The van der Waals surface area contributed by atoms with Crippen LogP contribution in [0.4, 0.5) is 0 Å². The monoisotopic (exact) mass is 234 g/mol. The van der Waals surface area contributed by atoms with Crippen LogP contribution in [-0.4, -0.2) is 18.1 Å². The number of rotatable bonds is 2. The molecule has 0 atom stereocenters. The van der Waals surface area contributed by atoms with Gasteiger partial charge in [-0.3, -0.25) is 0 Å². The maximum Gasteiger partial charge on any atom is 0.0647 e. The Morgan fingerprint density at radius 2 is 2.19 bits per heavy atom. The summed E-state index contributed by atoms with van der Waals surface area (Å²) in [6, 6.07) is 6.11. The van der Waals surface area contributed by atoms with Crippen molar-refractivity contribution in [3.8, 4) is 0 Å². The van der Waals surface area contributed by atoms with E-state index in [-0.39, 0.29) is 0 Å². The fourth-order valence-corrected chi connectivity index (χ4v) is 2.84. The van der Waals surface area contributed by atoms with E-state index in [0.29, 0.717) is 5.41 Å². The summed E-state index contributed by atoms with van der Waals surface area (Å²) in [6.45, 7) is 4.40. The van der Waals surface area contributed by atoms with Crippen molar-refractivity contribution >= 4 is 22.5 Å². The topological polar surface area (TPSA) is 27.8 Å². The molecular weight excluding hydrogens is 220 g/mol. The largest absolute Gasteiger partial charge is 0.360 e. The molecule has 0 saturated carbocycles. The fourth-order valence-electron chi connectivity index (χ4n) is 2.61. The lowest BCUT2D eigenvalue weighted by Crippen LogP contribution is -2.56. The van der Waals surface area contributed by atoms with E-state index in [1.54, 1.807) is 0 Å². The third kappa shape index (κ3) is 1.23. The second-order valence-electron chi connectivity index (χ2n) is 4.60. The molecule has 1 aromatic carbocycles. The molecule has 2 heterocycles. The lowest BCUT2D eigenvalue weighted by molar-refractivity contribution is 0.270. The number of aromatic nitrogens is 1. The molecule has 1 fully saturated rings. The first-order chi connectivity index (χ1) is 7.77. The van der Waals surface area contributed by atoms with Crippen LogP contribution in [0.2, 0.25) is 5.02 Å². The highest BCUT2D eigenvalue weighted by molar-refractivity contribution is 6.35. The van der Waals surface area contributed by atoms with Crippen molar-refractivity contribution in [2.45, 2.75) is 18.8 Å². The Bertz CT molecular complexity index is 520. The van der Waals surface area contributed by atoms with Crippen molar-refractivity contribution in [2.24, 2.45) is 0 Å². The first kappa shape index (κ1) is 10.2. The molecule has 1 saturated heterocycles. The molecule has 1 aromatic heterocycles. The maximum absolute atomic E-state index is 6.18. The van der Waals surface area contributed by atoms with E-state index >= 15 is 0 Å². The van der Waals surface area contributed by atoms with Gasteiger partial charge in [-0.15, -0.1) is 0 Å². The molecule has 0 amide bonds. The van der Waals surface area contributed by atoms with Crippen LogP contribution in [0.5, 0.6) is 0 Å². The van der Waals surface area contributed by atoms with Gasteiger partial charge in [0, 0.05) is 30.1 Å². The zero-order chi connectivity index (χ0) is 11.2. The fraction of sp³-hybridized carbons (Fsp3) is 0.385. The van der Waals surface area contributed by atoms with Crippen molar-refractivity contribution < 1.29 is 0 Å². The molecule has 2 N–H and O–H groups in total. The molecule has 2 aromatic rings. The summed E-state index contributed by atoms with van der Waals surface area (Å²) in [5, 5.41) is 5.46. The molecule has 1 aliphatic heterocycles. The number of benzene rings is 1. The number of hydrogen-bond donors (Lipinski definition) is 2. The number of halogens is 1. The predicted molar refractivity (Wildman–Crippen MR) is 68.1 cm³/mol. The highest BCUT2D eigenvalue weighted by atomic mass is 35.5. The van der Waals surface area contributed by atoms with E-state index in [1.165, 1.54) is 17.4 Å².